The van der Waals surface area contributed by atoms with Crippen LogP contribution in [0.1, 0.15) is 12.8 Å². The van der Waals surface area contributed by atoms with E-state index >= 15 is 0 Å². The number of nitrogens with two attached hydrogens (primary N) is 1. The van der Waals surface area contributed by atoms with Gasteiger partial charge < -0.3 is 11.1 Å². The van der Waals surface area contributed by atoms with Crippen molar-refractivity contribution in [2.75, 3.05) is 11.1 Å². The molecular formula is C13H14ClIN4O. The molecule has 1 aromatic carbocycles. The summed E-state index contributed by atoms with van der Waals surface area (Å²) >= 11 is 8.07. The Balaban J connectivity index is 1.82. The van der Waals surface area contributed by atoms with E-state index in [1.54, 1.807) is 24.4 Å². The molecule has 0 aliphatic carbocycles. The van der Waals surface area contributed by atoms with Crippen molar-refractivity contribution >= 4 is 51.5 Å². The number of aryl methyl sites for hydroxylation is 1. The largest absolute Gasteiger partial charge is 0.397 e. The molecule has 0 saturated heterocycles. The summed E-state index contributed by atoms with van der Waals surface area (Å²) in [6.45, 7) is 0.710. The molecule has 1 heterocycles. The van der Waals surface area contributed by atoms with Gasteiger partial charge >= 0.3 is 0 Å². The Hall–Kier alpha value is -1.28. The second-order valence-electron chi connectivity index (χ2n) is 4.30. The first-order valence-electron chi connectivity index (χ1n) is 6.07. The lowest BCUT2D eigenvalue weighted by Crippen LogP contribution is -2.13. The zero-order valence-corrected chi connectivity index (χ0v) is 13.6. The maximum absolute atomic E-state index is 11.8. The van der Waals surface area contributed by atoms with Crippen molar-refractivity contribution in [2.45, 2.75) is 19.4 Å². The molecule has 1 amide bonds. The van der Waals surface area contributed by atoms with E-state index in [9.17, 15) is 4.79 Å². The molecule has 2 aromatic rings. The number of nitrogen functional groups attached to an aromatic ring is 1. The molecule has 5 nitrogen and oxygen atoms in total. The quantitative estimate of drug-likeness (QED) is 0.594. The van der Waals surface area contributed by atoms with Crippen LogP contribution in [0.15, 0.2) is 30.6 Å². The van der Waals surface area contributed by atoms with Gasteiger partial charge in [-0.05, 0) is 47.2 Å². The van der Waals surface area contributed by atoms with Crippen LogP contribution in [-0.4, -0.2) is 15.7 Å². The number of halogens is 2. The van der Waals surface area contributed by atoms with Gasteiger partial charge in [0.2, 0.25) is 5.91 Å². The number of hydrogen-bond donors (Lipinski definition) is 2. The lowest BCUT2D eigenvalue weighted by Gasteiger charge is -2.08. The Morgan fingerprint density at radius 1 is 1.50 bits per heavy atom. The highest BCUT2D eigenvalue weighted by molar-refractivity contribution is 14.1. The van der Waals surface area contributed by atoms with Gasteiger partial charge in [-0.15, -0.1) is 0 Å². The SMILES string of the molecule is Nc1ccc(Cl)cc1NC(=O)CCCn1cc(I)cn1. The van der Waals surface area contributed by atoms with Crippen molar-refractivity contribution in [3.8, 4) is 0 Å². The van der Waals surface area contributed by atoms with Crippen molar-refractivity contribution in [3.05, 3.63) is 39.2 Å². The van der Waals surface area contributed by atoms with Crippen molar-refractivity contribution < 1.29 is 4.79 Å². The van der Waals surface area contributed by atoms with Crippen molar-refractivity contribution in [1.29, 1.82) is 0 Å². The minimum atomic E-state index is -0.0826. The Morgan fingerprint density at radius 2 is 2.30 bits per heavy atom. The molecule has 0 fully saturated rings. The summed E-state index contributed by atoms with van der Waals surface area (Å²) in [4.78, 5) is 11.8. The molecule has 106 valence electrons. The Labute approximate surface area is 135 Å². The predicted octanol–water partition coefficient (Wildman–Crippen LogP) is 3.14. The summed E-state index contributed by atoms with van der Waals surface area (Å²) < 4.78 is 2.90. The number of amides is 1. The van der Waals surface area contributed by atoms with Crippen LogP contribution in [0, 0.1) is 3.57 Å². The van der Waals surface area contributed by atoms with E-state index in [0.29, 0.717) is 35.8 Å². The third kappa shape index (κ3) is 4.38. The minimum absolute atomic E-state index is 0.0826. The summed E-state index contributed by atoms with van der Waals surface area (Å²) in [5, 5.41) is 7.47. The maximum Gasteiger partial charge on any atom is 0.224 e. The molecule has 0 radical (unpaired) electrons. The fraction of sp³-hybridized carbons (Fsp3) is 0.231. The number of rotatable bonds is 5. The van der Waals surface area contributed by atoms with Crippen LogP contribution in [0.4, 0.5) is 11.4 Å². The van der Waals surface area contributed by atoms with Crippen LogP contribution in [0.2, 0.25) is 5.02 Å². The lowest BCUT2D eigenvalue weighted by molar-refractivity contribution is -0.116. The molecule has 0 aliphatic heterocycles. The molecule has 0 spiro atoms. The first-order valence-corrected chi connectivity index (χ1v) is 7.53. The molecule has 0 unspecified atom stereocenters. The number of nitrogens with one attached hydrogen (secondary N) is 1. The first-order chi connectivity index (χ1) is 9.54. The third-order valence-electron chi connectivity index (χ3n) is 2.68. The van der Waals surface area contributed by atoms with E-state index in [1.807, 2.05) is 10.9 Å². The van der Waals surface area contributed by atoms with E-state index < -0.39 is 0 Å². The second-order valence-corrected chi connectivity index (χ2v) is 5.99. The van der Waals surface area contributed by atoms with Crippen LogP contribution >= 0.6 is 34.2 Å². The third-order valence-corrected chi connectivity index (χ3v) is 3.47. The van der Waals surface area contributed by atoms with E-state index in [2.05, 4.69) is 33.0 Å². The molecule has 0 saturated carbocycles. The Morgan fingerprint density at radius 3 is 3.00 bits per heavy atom. The normalized spacial score (nSPS) is 10.5. The zero-order valence-electron chi connectivity index (χ0n) is 10.6. The van der Waals surface area contributed by atoms with Crippen LogP contribution in [0.25, 0.3) is 0 Å². The van der Waals surface area contributed by atoms with Crippen molar-refractivity contribution in [2.24, 2.45) is 0 Å². The van der Waals surface area contributed by atoms with E-state index in [0.717, 1.165) is 3.57 Å². The van der Waals surface area contributed by atoms with Gasteiger partial charge in [-0.25, -0.2) is 0 Å². The number of aromatic nitrogens is 2. The average Bonchev–Trinajstić information content (AvgIpc) is 2.80. The Kier molecular flexibility index (Phi) is 5.24. The van der Waals surface area contributed by atoms with E-state index in [1.165, 1.54) is 0 Å². The van der Waals surface area contributed by atoms with Crippen LogP contribution in [0.5, 0.6) is 0 Å². The zero-order chi connectivity index (χ0) is 14.5. The van der Waals surface area contributed by atoms with Gasteiger partial charge in [0.05, 0.1) is 21.1 Å². The lowest BCUT2D eigenvalue weighted by atomic mass is 10.2. The van der Waals surface area contributed by atoms with Gasteiger partial charge in [-0.1, -0.05) is 11.6 Å². The van der Waals surface area contributed by atoms with Gasteiger partial charge in [-0.3, -0.25) is 9.48 Å². The van der Waals surface area contributed by atoms with Crippen LogP contribution < -0.4 is 11.1 Å². The molecule has 3 N–H and O–H groups in total. The fourth-order valence-corrected chi connectivity index (χ4v) is 2.33. The van der Waals surface area contributed by atoms with Gasteiger partial charge in [0.1, 0.15) is 0 Å². The molecule has 7 heteroatoms. The van der Waals surface area contributed by atoms with Crippen molar-refractivity contribution in [1.82, 2.24) is 9.78 Å². The molecule has 1 aromatic heterocycles. The van der Waals surface area contributed by atoms with Gasteiger partial charge in [0, 0.05) is 24.2 Å². The van der Waals surface area contributed by atoms with Gasteiger partial charge in [-0.2, -0.15) is 5.10 Å². The van der Waals surface area contributed by atoms with Gasteiger partial charge in [0.15, 0.2) is 0 Å². The highest BCUT2D eigenvalue weighted by atomic mass is 127. The molecular weight excluding hydrogens is 391 g/mol. The molecule has 0 bridgehead atoms. The fourth-order valence-electron chi connectivity index (χ4n) is 1.71. The first kappa shape index (κ1) is 15.1. The number of nitrogens with zero attached hydrogens (tertiary/aromatic N) is 2. The van der Waals surface area contributed by atoms with E-state index in [4.69, 9.17) is 17.3 Å². The topological polar surface area (TPSA) is 72.9 Å². The van der Waals surface area contributed by atoms with E-state index in [-0.39, 0.29) is 5.91 Å². The second kappa shape index (κ2) is 6.94. The summed E-state index contributed by atoms with van der Waals surface area (Å²) in [6, 6.07) is 5.00. The highest BCUT2D eigenvalue weighted by Gasteiger charge is 2.06. The number of anilines is 2. The maximum atomic E-state index is 11.8. The predicted molar refractivity (Wildman–Crippen MR) is 88.7 cm³/mol. The summed E-state index contributed by atoms with van der Waals surface area (Å²) in [6.07, 6.45) is 4.84. The smallest absolute Gasteiger partial charge is 0.224 e. The standard InChI is InChI=1S/C13H14ClIN4O/c14-9-3-4-11(16)12(6-9)18-13(20)2-1-5-19-8-10(15)7-17-19/h3-4,6-8H,1-2,5,16H2,(H,18,20). The number of hydrogen-bond acceptors (Lipinski definition) is 3. The number of benzene rings is 1. The van der Waals surface area contributed by atoms with Gasteiger partial charge in [0.25, 0.3) is 0 Å². The average molecular weight is 405 g/mol. The summed E-state index contributed by atoms with van der Waals surface area (Å²) in [7, 11) is 0. The monoisotopic (exact) mass is 404 g/mol. The molecule has 2 rings (SSSR count). The number of carbonyl (C=O) groups is 1. The summed E-state index contributed by atoms with van der Waals surface area (Å²) in [5.41, 5.74) is 6.83. The summed E-state index contributed by atoms with van der Waals surface area (Å²) in [5.74, 6) is -0.0826. The highest BCUT2D eigenvalue weighted by Crippen LogP contribution is 2.23. The Bertz CT molecular complexity index is 614. The van der Waals surface area contributed by atoms with Crippen LogP contribution in [0.3, 0.4) is 0 Å². The minimum Gasteiger partial charge on any atom is -0.397 e. The number of carbonyl (C=O) groups excluding carboxylic acids is 1. The molecule has 0 aliphatic rings. The van der Waals surface area contributed by atoms with Crippen LogP contribution in [-0.2, 0) is 11.3 Å². The van der Waals surface area contributed by atoms with Crippen molar-refractivity contribution in [3.63, 3.8) is 0 Å². The molecule has 0 atom stereocenters. The molecule has 20 heavy (non-hydrogen) atoms.